The lowest BCUT2D eigenvalue weighted by molar-refractivity contribution is 0.318. The molecule has 0 bridgehead atoms. The van der Waals surface area contributed by atoms with E-state index in [9.17, 15) is 8.42 Å². The van der Waals surface area contributed by atoms with Crippen molar-refractivity contribution in [1.29, 1.82) is 0 Å². The van der Waals surface area contributed by atoms with Crippen molar-refractivity contribution in [2.75, 3.05) is 10.5 Å². The van der Waals surface area contributed by atoms with Gasteiger partial charge in [0.1, 0.15) is 0 Å². The predicted octanol–water partition coefficient (Wildman–Crippen LogP) is 1.96. The molecule has 1 aromatic carbocycles. The molecule has 0 aliphatic rings. The van der Waals surface area contributed by atoms with Crippen LogP contribution in [0.4, 0.5) is 5.69 Å². The summed E-state index contributed by atoms with van der Waals surface area (Å²) in [6.45, 7) is 5.94. The zero-order valence-corrected chi connectivity index (χ0v) is 12.7. The molecule has 0 atom stereocenters. The molecule has 1 aromatic rings. The molecule has 112 valence electrons. The van der Waals surface area contributed by atoms with Crippen LogP contribution in [0.2, 0.25) is 0 Å². The summed E-state index contributed by atoms with van der Waals surface area (Å²) in [4.78, 5) is 0. The summed E-state index contributed by atoms with van der Waals surface area (Å²) in [5.41, 5.74) is 6.10. The van der Waals surface area contributed by atoms with Gasteiger partial charge in [0.25, 0.3) is 0 Å². The molecule has 0 radical (unpaired) electrons. The van der Waals surface area contributed by atoms with Crippen LogP contribution in [0.5, 0.6) is 0 Å². The SMILES string of the molecule is CC(C)(C)CCS(=O)(=O)Nc1ccccc1/C(N)=N/O. The molecule has 7 heteroatoms. The minimum Gasteiger partial charge on any atom is -0.409 e. The van der Waals surface area contributed by atoms with Crippen molar-refractivity contribution in [2.45, 2.75) is 27.2 Å². The van der Waals surface area contributed by atoms with Gasteiger partial charge in [0.15, 0.2) is 5.84 Å². The lowest BCUT2D eigenvalue weighted by Crippen LogP contribution is -2.23. The smallest absolute Gasteiger partial charge is 0.232 e. The van der Waals surface area contributed by atoms with Gasteiger partial charge in [0, 0.05) is 5.56 Å². The van der Waals surface area contributed by atoms with Crippen LogP contribution in [-0.2, 0) is 10.0 Å². The van der Waals surface area contributed by atoms with Gasteiger partial charge in [-0.2, -0.15) is 0 Å². The van der Waals surface area contributed by atoms with E-state index in [1.165, 1.54) is 0 Å². The predicted molar refractivity (Wildman–Crippen MR) is 80.4 cm³/mol. The van der Waals surface area contributed by atoms with Gasteiger partial charge in [-0.05, 0) is 24.0 Å². The first kappa shape index (κ1) is 16.3. The number of sulfonamides is 1. The number of hydrogen-bond donors (Lipinski definition) is 3. The molecule has 20 heavy (non-hydrogen) atoms. The Balaban J connectivity index is 2.93. The molecule has 1 rings (SSSR count). The minimum atomic E-state index is -3.47. The maximum absolute atomic E-state index is 12.1. The number of nitrogens with zero attached hydrogens (tertiary/aromatic N) is 1. The topological polar surface area (TPSA) is 105 Å². The van der Waals surface area contributed by atoms with Crippen molar-refractivity contribution in [3.8, 4) is 0 Å². The van der Waals surface area contributed by atoms with E-state index in [-0.39, 0.29) is 17.0 Å². The standard InChI is InChI=1S/C13H21N3O3S/c1-13(2,3)8-9-20(18,19)16-11-7-5-4-6-10(11)12(14)15-17/h4-7,16-17H,8-9H2,1-3H3,(H2,14,15). The quantitative estimate of drug-likeness (QED) is 0.334. The number of nitrogens with two attached hydrogens (primary N) is 1. The van der Waals surface area contributed by atoms with Gasteiger partial charge in [-0.1, -0.05) is 38.1 Å². The molecule has 4 N–H and O–H groups in total. The summed E-state index contributed by atoms with van der Waals surface area (Å²) in [7, 11) is -3.47. The lowest BCUT2D eigenvalue weighted by atomic mass is 9.94. The Bertz CT molecular complexity index is 589. The second-order valence-electron chi connectivity index (χ2n) is 5.76. The van der Waals surface area contributed by atoms with Crippen molar-refractivity contribution in [2.24, 2.45) is 16.3 Å². The highest BCUT2D eigenvalue weighted by atomic mass is 32.2. The zero-order valence-electron chi connectivity index (χ0n) is 11.9. The van der Waals surface area contributed by atoms with Crippen LogP contribution in [0, 0.1) is 5.41 Å². The summed E-state index contributed by atoms with van der Waals surface area (Å²) in [5, 5.41) is 11.6. The van der Waals surface area contributed by atoms with Gasteiger partial charge in [-0.25, -0.2) is 8.42 Å². The third-order valence-electron chi connectivity index (χ3n) is 2.70. The molecule has 6 nitrogen and oxygen atoms in total. The molecule has 0 aromatic heterocycles. The van der Waals surface area contributed by atoms with Crippen LogP contribution >= 0.6 is 0 Å². The molecule has 0 saturated carbocycles. The molecule has 0 spiro atoms. The van der Waals surface area contributed by atoms with Crippen LogP contribution in [0.1, 0.15) is 32.8 Å². The number of hydrogen-bond acceptors (Lipinski definition) is 4. The maximum Gasteiger partial charge on any atom is 0.232 e. The average molecular weight is 299 g/mol. The first-order chi connectivity index (χ1) is 9.14. The third kappa shape index (κ3) is 5.08. The Morgan fingerprint density at radius 1 is 1.35 bits per heavy atom. The first-order valence-corrected chi connectivity index (χ1v) is 7.87. The van der Waals surface area contributed by atoms with E-state index in [0.29, 0.717) is 17.7 Å². The highest BCUT2D eigenvalue weighted by Crippen LogP contribution is 2.21. The highest BCUT2D eigenvalue weighted by Gasteiger charge is 2.19. The van der Waals surface area contributed by atoms with Crippen LogP contribution in [0.3, 0.4) is 0 Å². The second kappa shape index (κ2) is 6.13. The number of rotatable bonds is 5. The van der Waals surface area contributed by atoms with E-state index in [1.54, 1.807) is 24.3 Å². The molecule has 0 heterocycles. The van der Waals surface area contributed by atoms with Gasteiger partial charge >= 0.3 is 0 Å². The van der Waals surface area contributed by atoms with E-state index in [1.807, 2.05) is 20.8 Å². The van der Waals surface area contributed by atoms with E-state index in [0.717, 1.165) is 0 Å². The largest absolute Gasteiger partial charge is 0.409 e. The average Bonchev–Trinajstić information content (AvgIpc) is 2.35. The third-order valence-corrected chi connectivity index (χ3v) is 3.97. The van der Waals surface area contributed by atoms with E-state index in [2.05, 4.69) is 9.88 Å². The Morgan fingerprint density at radius 3 is 2.50 bits per heavy atom. The van der Waals surface area contributed by atoms with Crippen molar-refractivity contribution >= 4 is 21.5 Å². The van der Waals surface area contributed by atoms with Crippen LogP contribution in [0.15, 0.2) is 29.4 Å². The van der Waals surface area contributed by atoms with Crippen molar-refractivity contribution in [1.82, 2.24) is 0 Å². The fourth-order valence-corrected chi connectivity index (χ4v) is 3.00. The summed E-state index contributed by atoms with van der Waals surface area (Å²) in [6, 6.07) is 6.51. The molecule has 0 unspecified atom stereocenters. The van der Waals surface area contributed by atoms with Gasteiger partial charge in [0.05, 0.1) is 11.4 Å². The molecule has 0 fully saturated rings. The van der Waals surface area contributed by atoms with Crippen molar-refractivity contribution < 1.29 is 13.6 Å². The van der Waals surface area contributed by atoms with Crippen LogP contribution < -0.4 is 10.5 Å². The van der Waals surface area contributed by atoms with Gasteiger partial charge in [0.2, 0.25) is 10.0 Å². The number of para-hydroxylation sites is 1. The first-order valence-electron chi connectivity index (χ1n) is 6.22. The second-order valence-corrected chi connectivity index (χ2v) is 7.60. The fraction of sp³-hybridized carbons (Fsp3) is 0.462. The van der Waals surface area contributed by atoms with Gasteiger partial charge < -0.3 is 10.9 Å². The molecular weight excluding hydrogens is 278 g/mol. The normalized spacial score (nSPS) is 13.2. The highest BCUT2D eigenvalue weighted by molar-refractivity contribution is 7.92. The number of oxime groups is 1. The molecule has 0 aliphatic carbocycles. The Kier molecular flexibility index (Phi) is 4.99. The van der Waals surface area contributed by atoms with Gasteiger partial charge in [-0.3, -0.25) is 4.72 Å². The van der Waals surface area contributed by atoms with E-state index in [4.69, 9.17) is 10.9 Å². The monoisotopic (exact) mass is 299 g/mol. The number of nitrogens with one attached hydrogen (secondary N) is 1. The number of benzene rings is 1. The summed E-state index contributed by atoms with van der Waals surface area (Å²) in [5.74, 6) is -0.125. The Morgan fingerprint density at radius 2 is 1.95 bits per heavy atom. The van der Waals surface area contributed by atoms with E-state index < -0.39 is 10.0 Å². The lowest BCUT2D eigenvalue weighted by Gasteiger charge is -2.18. The Labute approximate surface area is 119 Å². The molecule has 0 saturated heterocycles. The van der Waals surface area contributed by atoms with Crippen molar-refractivity contribution in [3.63, 3.8) is 0 Å². The van der Waals surface area contributed by atoms with Crippen LogP contribution in [-0.4, -0.2) is 25.2 Å². The van der Waals surface area contributed by atoms with Crippen molar-refractivity contribution in [3.05, 3.63) is 29.8 Å². The maximum atomic E-state index is 12.1. The number of anilines is 1. The van der Waals surface area contributed by atoms with E-state index >= 15 is 0 Å². The van der Waals surface area contributed by atoms with Gasteiger partial charge in [-0.15, -0.1) is 0 Å². The number of amidine groups is 1. The minimum absolute atomic E-state index is 0.0149. The fourth-order valence-electron chi connectivity index (χ4n) is 1.51. The summed E-state index contributed by atoms with van der Waals surface area (Å²) in [6.07, 6.45) is 0.536. The molecular formula is C13H21N3O3S. The molecule has 0 amide bonds. The summed E-state index contributed by atoms with van der Waals surface area (Å²) < 4.78 is 26.6. The zero-order chi connectivity index (χ0) is 15.4. The Hall–Kier alpha value is -1.76. The van der Waals surface area contributed by atoms with Crippen LogP contribution in [0.25, 0.3) is 0 Å². The molecule has 0 aliphatic heterocycles. The summed E-state index contributed by atoms with van der Waals surface area (Å²) >= 11 is 0.